The lowest BCUT2D eigenvalue weighted by molar-refractivity contribution is 0.375. The van der Waals surface area contributed by atoms with Crippen LogP contribution in [0.3, 0.4) is 0 Å². The van der Waals surface area contributed by atoms with Crippen molar-refractivity contribution in [2.45, 2.75) is 58.4 Å². The summed E-state index contributed by atoms with van der Waals surface area (Å²) in [6.07, 6.45) is 7.44. The second kappa shape index (κ2) is 9.45. The van der Waals surface area contributed by atoms with Gasteiger partial charge in [-0.1, -0.05) is 43.1 Å². The molecule has 0 saturated carbocycles. The van der Waals surface area contributed by atoms with Crippen molar-refractivity contribution in [1.82, 2.24) is 34.3 Å². The zero-order valence-corrected chi connectivity index (χ0v) is 21.5. The van der Waals surface area contributed by atoms with E-state index in [0.29, 0.717) is 60.4 Å². The van der Waals surface area contributed by atoms with Gasteiger partial charge < -0.3 is 9.51 Å². The Labute approximate surface area is 214 Å². The molecule has 1 aliphatic heterocycles. The van der Waals surface area contributed by atoms with E-state index >= 15 is 0 Å². The third kappa shape index (κ3) is 3.97. The van der Waals surface area contributed by atoms with Crippen LogP contribution < -0.4 is 5.56 Å². The minimum Gasteiger partial charge on any atom is -0.360 e. The normalized spacial score (nSPS) is 13.1. The van der Waals surface area contributed by atoms with Gasteiger partial charge in [0.1, 0.15) is 11.6 Å². The van der Waals surface area contributed by atoms with Gasteiger partial charge in [0.2, 0.25) is 17.5 Å². The van der Waals surface area contributed by atoms with E-state index < -0.39 is 0 Å². The molecule has 0 saturated heterocycles. The number of nitrogens with one attached hydrogen (secondary N) is 1. The second-order valence-electron chi connectivity index (χ2n) is 9.00. The number of benzene rings is 1. The first-order valence-electron chi connectivity index (χ1n) is 12.3. The van der Waals surface area contributed by atoms with Gasteiger partial charge in [-0.05, 0) is 34.8 Å². The van der Waals surface area contributed by atoms with Crippen molar-refractivity contribution in [2.24, 2.45) is 4.99 Å². The molecule has 1 aliphatic rings. The van der Waals surface area contributed by atoms with Gasteiger partial charge in [-0.15, -0.1) is 10.2 Å². The monoisotopic (exact) mass is 548 g/mol. The number of unbranched alkanes of at least 4 members (excludes halogenated alkanes) is 2. The second-order valence-corrected chi connectivity index (χ2v) is 9.91. The van der Waals surface area contributed by atoms with Crippen LogP contribution in [0.4, 0.5) is 5.82 Å². The highest BCUT2D eigenvalue weighted by atomic mass is 79.9. The van der Waals surface area contributed by atoms with E-state index in [1.807, 2.05) is 35.0 Å². The van der Waals surface area contributed by atoms with Crippen LogP contribution in [0.1, 0.15) is 49.9 Å². The maximum atomic E-state index is 13.3. The Morgan fingerprint density at radius 1 is 1.14 bits per heavy atom. The molecule has 0 bridgehead atoms. The Hall–Kier alpha value is -3.60. The molecule has 11 heteroatoms. The summed E-state index contributed by atoms with van der Waals surface area (Å²) in [4.78, 5) is 25.7. The van der Waals surface area contributed by atoms with E-state index in [0.717, 1.165) is 46.9 Å². The lowest BCUT2D eigenvalue weighted by Crippen LogP contribution is -2.23. The number of aryl methyl sites for hydroxylation is 3. The number of aromatic amines is 1. The molecule has 10 nitrogen and oxygen atoms in total. The van der Waals surface area contributed by atoms with Crippen LogP contribution in [0.5, 0.6) is 0 Å². The number of halogens is 1. The van der Waals surface area contributed by atoms with E-state index in [9.17, 15) is 4.79 Å². The van der Waals surface area contributed by atoms with Crippen LogP contribution in [-0.2, 0) is 25.8 Å². The van der Waals surface area contributed by atoms with Gasteiger partial charge in [-0.2, -0.15) is 4.98 Å². The van der Waals surface area contributed by atoms with Crippen molar-refractivity contribution in [3.63, 3.8) is 0 Å². The maximum Gasteiger partial charge on any atom is 0.266 e. The van der Waals surface area contributed by atoms with Crippen molar-refractivity contribution < 1.29 is 4.52 Å². The lowest BCUT2D eigenvalue weighted by atomic mass is 10.1. The van der Waals surface area contributed by atoms with Gasteiger partial charge in [0.05, 0.1) is 10.2 Å². The van der Waals surface area contributed by atoms with Gasteiger partial charge in [-0.25, -0.2) is 9.39 Å². The number of aromatic nitrogens is 7. The first-order chi connectivity index (χ1) is 17.6. The molecule has 0 amide bonds. The average Bonchev–Trinajstić information content (AvgIpc) is 3.66. The quantitative estimate of drug-likeness (QED) is 0.265. The van der Waals surface area contributed by atoms with E-state index in [1.165, 1.54) is 0 Å². The molecule has 0 fully saturated rings. The molecular weight excluding hydrogens is 524 g/mol. The largest absolute Gasteiger partial charge is 0.360 e. The Balaban J connectivity index is 1.22. The summed E-state index contributed by atoms with van der Waals surface area (Å²) < 4.78 is 9.96. The molecule has 5 heterocycles. The third-order valence-electron chi connectivity index (χ3n) is 6.57. The lowest BCUT2D eigenvalue weighted by Gasteiger charge is -2.12. The topological polar surface area (TPSA) is 119 Å². The predicted molar refractivity (Wildman–Crippen MR) is 140 cm³/mol. The number of nitrogens with zero attached hydrogens (tertiary/aromatic N) is 7. The van der Waals surface area contributed by atoms with Gasteiger partial charge in [0, 0.05) is 48.5 Å². The van der Waals surface area contributed by atoms with E-state index in [2.05, 4.69) is 53.2 Å². The maximum absolute atomic E-state index is 13.3. The van der Waals surface area contributed by atoms with Gasteiger partial charge in [0.15, 0.2) is 0 Å². The average molecular weight is 549 g/mol. The number of fused-ring (bicyclic) bond motifs is 3. The van der Waals surface area contributed by atoms with Gasteiger partial charge >= 0.3 is 0 Å². The molecule has 5 aromatic rings. The number of H-pyrrole nitrogens is 1. The minimum atomic E-state index is -0.0932. The fourth-order valence-corrected chi connectivity index (χ4v) is 5.22. The number of hydrogen-bond acceptors (Lipinski definition) is 7. The molecule has 1 aromatic carbocycles. The molecule has 0 unspecified atom stereocenters. The summed E-state index contributed by atoms with van der Waals surface area (Å²) in [5, 5.41) is 14.0. The third-order valence-corrected chi connectivity index (χ3v) is 7.02. The standard InChI is InChI=1S/C25H25BrN8O2/c1-2-3-6-12-33-23-16(13-19(26)28-23)24(35)34-20(30-31-25(33)34)10-7-11-21-29-22(32-36-21)17-14-27-18-9-5-4-8-15(17)18/h4-5,8-9,14,27H,2-3,6-7,10-13H2,1H3. The fourth-order valence-electron chi connectivity index (χ4n) is 4.77. The molecule has 0 radical (unpaired) electrons. The Morgan fingerprint density at radius 2 is 2.03 bits per heavy atom. The molecule has 1 N–H and O–H groups in total. The number of para-hydroxylation sites is 1. The van der Waals surface area contributed by atoms with E-state index in [1.54, 1.807) is 4.40 Å². The smallest absolute Gasteiger partial charge is 0.266 e. The number of aliphatic imine (C=N–C) groups is 1. The van der Waals surface area contributed by atoms with Crippen molar-refractivity contribution in [2.75, 3.05) is 0 Å². The first kappa shape index (κ1) is 22.8. The summed E-state index contributed by atoms with van der Waals surface area (Å²) in [7, 11) is 0. The summed E-state index contributed by atoms with van der Waals surface area (Å²) in [5.74, 6) is 3.01. The number of hydrogen-bond donors (Lipinski definition) is 1. The summed E-state index contributed by atoms with van der Waals surface area (Å²) in [5.41, 5.74) is 2.54. The summed E-state index contributed by atoms with van der Waals surface area (Å²) in [6.45, 7) is 2.92. The molecule has 184 valence electrons. The van der Waals surface area contributed by atoms with Crippen LogP contribution in [0.25, 0.3) is 28.1 Å². The highest BCUT2D eigenvalue weighted by molar-refractivity contribution is 9.18. The van der Waals surface area contributed by atoms with E-state index in [-0.39, 0.29) is 5.56 Å². The minimum absolute atomic E-state index is 0.0932. The SMILES string of the molecule is CCCCCn1c2c(c(=O)n3c(CCCc4nc(-c5c[nH]c6ccccc56)no4)nnc13)CC(Br)=N2. The van der Waals surface area contributed by atoms with Crippen LogP contribution >= 0.6 is 15.9 Å². The molecular formula is C25H25BrN8O2. The molecule has 0 spiro atoms. The van der Waals surface area contributed by atoms with Crippen LogP contribution in [0.2, 0.25) is 0 Å². The van der Waals surface area contributed by atoms with Crippen LogP contribution in [0, 0.1) is 0 Å². The Kier molecular flexibility index (Phi) is 6.00. The van der Waals surface area contributed by atoms with Crippen molar-refractivity contribution in [3.05, 3.63) is 58.1 Å². The highest BCUT2D eigenvalue weighted by Crippen LogP contribution is 2.29. The first-order valence-corrected chi connectivity index (χ1v) is 13.0. The predicted octanol–water partition coefficient (Wildman–Crippen LogP) is 4.77. The molecule has 36 heavy (non-hydrogen) atoms. The van der Waals surface area contributed by atoms with Crippen molar-refractivity contribution in [1.29, 1.82) is 0 Å². The van der Waals surface area contributed by atoms with Crippen LogP contribution in [-0.4, -0.2) is 38.9 Å². The molecule has 4 aromatic heterocycles. The zero-order valence-electron chi connectivity index (χ0n) is 19.9. The number of rotatable bonds is 9. The summed E-state index contributed by atoms with van der Waals surface area (Å²) >= 11 is 3.47. The highest BCUT2D eigenvalue weighted by Gasteiger charge is 2.25. The fraction of sp³-hybridized carbons (Fsp3) is 0.360. The Morgan fingerprint density at radius 3 is 2.92 bits per heavy atom. The molecule has 6 rings (SSSR count). The van der Waals surface area contributed by atoms with Gasteiger partial charge in [-0.3, -0.25) is 9.36 Å². The summed E-state index contributed by atoms with van der Waals surface area (Å²) in [6, 6.07) is 8.02. The van der Waals surface area contributed by atoms with Crippen LogP contribution in [0.15, 0.2) is 44.8 Å². The van der Waals surface area contributed by atoms with Gasteiger partial charge in [0.25, 0.3) is 5.56 Å². The van der Waals surface area contributed by atoms with E-state index in [4.69, 9.17) is 4.52 Å². The zero-order chi connectivity index (χ0) is 24.6. The molecule has 0 atom stereocenters. The Bertz CT molecular complexity index is 1660. The van der Waals surface area contributed by atoms with Crippen molar-refractivity contribution >= 4 is 43.0 Å². The molecule has 0 aliphatic carbocycles. The van der Waals surface area contributed by atoms with Crippen molar-refractivity contribution in [3.8, 4) is 11.4 Å².